The number of hydrogen-bond donors (Lipinski definition) is 1. The predicted octanol–water partition coefficient (Wildman–Crippen LogP) is 0.710. The Balaban J connectivity index is 1.77. The lowest BCUT2D eigenvalue weighted by molar-refractivity contribution is -0.147. The average molecular weight is 170 g/mol. The van der Waals surface area contributed by atoms with Gasteiger partial charge in [0.2, 0.25) is 0 Å². The van der Waals surface area contributed by atoms with Gasteiger partial charge in [0.25, 0.3) is 0 Å². The largest absolute Gasteiger partial charge is 0.466 e. The topological polar surface area (TPSA) is 46.5 Å². The molecule has 0 aromatic carbocycles. The second-order valence-electron chi connectivity index (χ2n) is 3.83. The van der Waals surface area contributed by atoms with Gasteiger partial charge in [-0.1, -0.05) is 0 Å². The highest BCUT2D eigenvalue weighted by molar-refractivity contribution is 5.70. The number of esters is 1. The first kappa shape index (κ1) is 8.05. The zero-order valence-corrected chi connectivity index (χ0v) is 7.25. The van der Waals surface area contributed by atoms with E-state index in [-0.39, 0.29) is 11.9 Å². The van der Waals surface area contributed by atoms with E-state index in [0.717, 1.165) is 12.8 Å². The molecule has 3 heteroatoms. The zero-order chi connectivity index (χ0) is 8.77. The fourth-order valence-corrected chi connectivity index (χ4v) is 2.19. The van der Waals surface area contributed by atoms with Crippen molar-refractivity contribution in [3.05, 3.63) is 0 Å². The first-order chi connectivity index (χ1) is 5.66. The third-order valence-electron chi connectivity index (χ3n) is 3.11. The van der Waals surface area contributed by atoms with Crippen LogP contribution in [-0.2, 0) is 9.53 Å². The Morgan fingerprint density at radius 1 is 1.75 bits per heavy atom. The van der Waals surface area contributed by atoms with Crippen molar-refractivity contribution >= 4 is 5.97 Å². The molecule has 0 heterocycles. The van der Waals surface area contributed by atoms with Crippen LogP contribution in [0.4, 0.5) is 0 Å². The van der Waals surface area contributed by atoms with Crippen molar-refractivity contribution < 1.29 is 14.6 Å². The van der Waals surface area contributed by atoms with Gasteiger partial charge >= 0.3 is 5.97 Å². The molecule has 0 aromatic heterocycles. The van der Waals surface area contributed by atoms with Crippen molar-refractivity contribution in [1.82, 2.24) is 0 Å². The Labute approximate surface area is 71.7 Å². The van der Waals surface area contributed by atoms with E-state index in [1.165, 1.54) is 0 Å². The van der Waals surface area contributed by atoms with E-state index in [2.05, 4.69) is 0 Å². The van der Waals surface area contributed by atoms with Crippen molar-refractivity contribution in [3.63, 3.8) is 0 Å². The summed E-state index contributed by atoms with van der Waals surface area (Å²) in [6.45, 7) is 2.24. The van der Waals surface area contributed by atoms with Crippen LogP contribution >= 0.6 is 0 Å². The molecule has 2 rings (SSSR count). The lowest BCUT2D eigenvalue weighted by atomic mass is 9.79. The van der Waals surface area contributed by atoms with Crippen molar-refractivity contribution in [2.24, 2.45) is 11.8 Å². The normalized spacial score (nSPS) is 42.8. The minimum Gasteiger partial charge on any atom is -0.466 e. The summed E-state index contributed by atoms with van der Waals surface area (Å²) >= 11 is 0. The predicted molar refractivity (Wildman–Crippen MR) is 42.4 cm³/mol. The molecule has 3 nitrogen and oxygen atoms in total. The minimum atomic E-state index is -0.466. The fourth-order valence-electron chi connectivity index (χ4n) is 2.19. The molecule has 2 aliphatic rings. The maximum Gasteiger partial charge on any atom is 0.306 e. The van der Waals surface area contributed by atoms with Gasteiger partial charge in [-0.25, -0.2) is 0 Å². The summed E-state index contributed by atoms with van der Waals surface area (Å²) in [6.07, 6.45) is 2.31. The summed E-state index contributed by atoms with van der Waals surface area (Å²) < 4.78 is 4.81. The standard InChI is InChI=1S/C9H14O3/c1-2-12-8(10)4-6-3-7-5-9(6,7)11/h6-7,11H,2-5H2,1H3/t6?,7?,9-/m0/s1. The highest BCUT2D eigenvalue weighted by Crippen LogP contribution is 2.64. The molecule has 0 aromatic rings. The molecule has 2 aliphatic carbocycles. The highest BCUT2D eigenvalue weighted by atomic mass is 16.5. The van der Waals surface area contributed by atoms with Crippen LogP contribution in [-0.4, -0.2) is 23.3 Å². The number of carbonyl (C=O) groups excluding carboxylic acids is 1. The molecule has 0 amide bonds. The number of fused-ring (bicyclic) bond motifs is 1. The van der Waals surface area contributed by atoms with Gasteiger partial charge in [-0.15, -0.1) is 0 Å². The summed E-state index contributed by atoms with van der Waals surface area (Å²) in [7, 11) is 0. The van der Waals surface area contributed by atoms with Crippen LogP contribution < -0.4 is 0 Å². The van der Waals surface area contributed by atoms with E-state index in [9.17, 15) is 9.90 Å². The van der Waals surface area contributed by atoms with Gasteiger partial charge < -0.3 is 9.84 Å². The molecule has 68 valence electrons. The maximum absolute atomic E-state index is 11.0. The van der Waals surface area contributed by atoms with Crippen molar-refractivity contribution in [2.75, 3.05) is 6.61 Å². The highest BCUT2D eigenvalue weighted by Gasteiger charge is 2.67. The van der Waals surface area contributed by atoms with Gasteiger partial charge in [0.05, 0.1) is 18.6 Å². The van der Waals surface area contributed by atoms with Crippen LogP contribution in [0.3, 0.4) is 0 Å². The quantitative estimate of drug-likeness (QED) is 0.634. The van der Waals surface area contributed by atoms with Crippen molar-refractivity contribution in [3.8, 4) is 0 Å². The summed E-state index contributed by atoms with van der Waals surface area (Å²) in [4.78, 5) is 11.0. The lowest BCUT2D eigenvalue weighted by Crippen LogP contribution is -2.36. The number of rotatable bonds is 3. The molecule has 0 saturated heterocycles. The molecular weight excluding hydrogens is 156 g/mol. The Kier molecular flexibility index (Phi) is 1.65. The van der Waals surface area contributed by atoms with Gasteiger partial charge in [0.15, 0.2) is 0 Å². The second kappa shape index (κ2) is 2.46. The van der Waals surface area contributed by atoms with Crippen LogP contribution in [0.15, 0.2) is 0 Å². The van der Waals surface area contributed by atoms with E-state index in [1.54, 1.807) is 6.92 Å². The van der Waals surface area contributed by atoms with E-state index in [0.29, 0.717) is 18.9 Å². The minimum absolute atomic E-state index is 0.165. The molecule has 2 saturated carbocycles. The van der Waals surface area contributed by atoms with E-state index in [4.69, 9.17) is 4.74 Å². The molecule has 12 heavy (non-hydrogen) atoms. The summed E-state index contributed by atoms with van der Waals surface area (Å²) in [5.41, 5.74) is -0.466. The molecule has 3 atom stereocenters. The van der Waals surface area contributed by atoms with E-state index >= 15 is 0 Å². The lowest BCUT2D eigenvalue weighted by Gasteiger charge is -2.31. The van der Waals surface area contributed by atoms with E-state index < -0.39 is 5.60 Å². The molecule has 0 spiro atoms. The number of hydrogen-bond acceptors (Lipinski definition) is 3. The average Bonchev–Trinajstić information content (AvgIpc) is 2.53. The number of ether oxygens (including phenoxy) is 1. The summed E-state index contributed by atoms with van der Waals surface area (Å²) in [5.74, 6) is 0.514. The summed E-state index contributed by atoms with van der Waals surface area (Å²) in [6, 6.07) is 0. The smallest absolute Gasteiger partial charge is 0.306 e. The summed E-state index contributed by atoms with van der Waals surface area (Å²) in [5, 5.41) is 9.66. The zero-order valence-electron chi connectivity index (χ0n) is 7.25. The van der Waals surface area contributed by atoms with Crippen LogP contribution in [0.5, 0.6) is 0 Å². The van der Waals surface area contributed by atoms with Crippen LogP contribution in [0, 0.1) is 11.8 Å². The third-order valence-corrected chi connectivity index (χ3v) is 3.11. The molecule has 2 unspecified atom stereocenters. The maximum atomic E-state index is 11.0. The third kappa shape index (κ3) is 1.04. The Bertz CT molecular complexity index is 214. The Morgan fingerprint density at radius 2 is 2.50 bits per heavy atom. The van der Waals surface area contributed by atoms with Crippen molar-refractivity contribution in [1.29, 1.82) is 0 Å². The van der Waals surface area contributed by atoms with Gasteiger partial charge in [-0.05, 0) is 31.6 Å². The first-order valence-corrected chi connectivity index (χ1v) is 4.55. The Morgan fingerprint density at radius 3 is 2.92 bits per heavy atom. The van der Waals surface area contributed by atoms with Crippen LogP contribution in [0.1, 0.15) is 26.2 Å². The first-order valence-electron chi connectivity index (χ1n) is 4.55. The van der Waals surface area contributed by atoms with E-state index in [1.807, 2.05) is 0 Å². The molecular formula is C9H14O3. The number of carbonyl (C=O) groups is 1. The van der Waals surface area contributed by atoms with Crippen molar-refractivity contribution in [2.45, 2.75) is 31.8 Å². The van der Waals surface area contributed by atoms with Gasteiger partial charge in [-0.3, -0.25) is 4.79 Å². The molecule has 2 fully saturated rings. The molecule has 0 bridgehead atoms. The van der Waals surface area contributed by atoms with Crippen LogP contribution in [0.2, 0.25) is 0 Å². The fraction of sp³-hybridized carbons (Fsp3) is 0.889. The van der Waals surface area contributed by atoms with Crippen LogP contribution in [0.25, 0.3) is 0 Å². The second-order valence-corrected chi connectivity index (χ2v) is 3.83. The molecule has 0 aliphatic heterocycles. The molecule has 0 radical (unpaired) electrons. The van der Waals surface area contributed by atoms with Gasteiger partial charge in [-0.2, -0.15) is 0 Å². The number of aliphatic hydroxyl groups is 1. The monoisotopic (exact) mass is 170 g/mol. The van der Waals surface area contributed by atoms with Gasteiger partial charge in [0, 0.05) is 0 Å². The SMILES string of the molecule is CCOC(=O)CC1CC2C[C@]12O. The molecule has 1 N–H and O–H groups in total. The van der Waals surface area contributed by atoms with Gasteiger partial charge in [0.1, 0.15) is 0 Å². The Hall–Kier alpha value is -0.570.